The molecule has 1 unspecified atom stereocenters. The quantitative estimate of drug-likeness (QED) is 0.562. The maximum atomic E-state index is 13.2. The minimum atomic E-state index is -0.199. The first-order valence-electron chi connectivity index (χ1n) is 6.87. The minimum absolute atomic E-state index is 0.0339. The molecule has 0 radical (unpaired) electrons. The van der Waals surface area contributed by atoms with Crippen molar-refractivity contribution in [3.63, 3.8) is 0 Å². The maximum Gasteiger partial charge on any atom is 0.123 e. The molecule has 1 heterocycles. The van der Waals surface area contributed by atoms with Crippen LogP contribution in [-0.2, 0) is 6.42 Å². The summed E-state index contributed by atoms with van der Waals surface area (Å²) in [5.74, 6) is 5.54. The Labute approximate surface area is 127 Å². The Hall–Kier alpha value is -1.75. The van der Waals surface area contributed by atoms with Gasteiger partial charge in [-0.05, 0) is 54.1 Å². The van der Waals surface area contributed by atoms with E-state index in [9.17, 15) is 4.39 Å². The van der Waals surface area contributed by atoms with Crippen LogP contribution in [0.5, 0.6) is 0 Å². The van der Waals surface area contributed by atoms with Crippen LogP contribution >= 0.6 is 11.3 Å². The standard InChI is InChI=1S/C17H17FN2S/c1-11-8-14(18)7-6-12(11)9-15(20-19)17-10-13-4-2-3-5-16(13)21-17/h2-8,10,15,20H,9,19H2,1H3. The highest BCUT2D eigenvalue weighted by Crippen LogP contribution is 2.31. The molecule has 0 aliphatic heterocycles. The highest BCUT2D eigenvalue weighted by molar-refractivity contribution is 7.19. The largest absolute Gasteiger partial charge is 0.271 e. The van der Waals surface area contributed by atoms with Gasteiger partial charge in [-0.15, -0.1) is 11.3 Å². The summed E-state index contributed by atoms with van der Waals surface area (Å²) in [6.07, 6.45) is 0.745. The first kappa shape index (κ1) is 14.2. The van der Waals surface area contributed by atoms with E-state index in [0.717, 1.165) is 17.5 Å². The van der Waals surface area contributed by atoms with Crippen LogP contribution in [0.4, 0.5) is 4.39 Å². The molecule has 0 aliphatic carbocycles. The number of hydrogen-bond donors (Lipinski definition) is 2. The van der Waals surface area contributed by atoms with E-state index < -0.39 is 0 Å². The molecule has 1 atom stereocenters. The summed E-state index contributed by atoms with van der Waals surface area (Å²) < 4.78 is 14.4. The zero-order valence-corrected chi connectivity index (χ0v) is 12.6. The average molecular weight is 300 g/mol. The molecule has 0 aliphatic rings. The van der Waals surface area contributed by atoms with E-state index in [1.54, 1.807) is 17.4 Å². The summed E-state index contributed by atoms with van der Waals surface area (Å²) in [7, 11) is 0. The van der Waals surface area contributed by atoms with Gasteiger partial charge in [-0.3, -0.25) is 11.3 Å². The molecular formula is C17H17FN2S. The number of benzene rings is 2. The number of hydrazine groups is 1. The lowest BCUT2D eigenvalue weighted by Crippen LogP contribution is -2.29. The Bertz CT molecular complexity index is 733. The van der Waals surface area contributed by atoms with E-state index in [-0.39, 0.29) is 11.9 Å². The Balaban J connectivity index is 1.90. The minimum Gasteiger partial charge on any atom is -0.271 e. The van der Waals surface area contributed by atoms with Gasteiger partial charge < -0.3 is 0 Å². The number of nitrogens with two attached hydrogens (primary N) is 1. The van der Waals surface area contributed by atoms with Crippen molar-refractivity contribution in [2.24, 2.45) is 5.84 Å². The van der Waals surface area contributed by atoms with Crippen LogP contribution in [-0.4, -0.2) is 0 Å². The highest BCUT2D eigenvalue weighted by atomic mass is 32.1. The van der Waals surface area contributed by atoms with Crippen LogP contribution in [0.15, 0.2) is 48.5 Å². The van der Waals surface area contributed by atoms with Gasteiger partial charge in [-0.25, -0.2) is 4.39 Å². The number of aryl methyl sites for hydroxylation is 1. The molecule has 0 bridgehead atoms. The molecule has 3 N–H and O–H groups in total. The number of rotatable bonds is 4. The van der Waals surface area contributed by atoms with E-state index in [1.807, 2.05) is 25.1 Å². The average Bonchev–Trinajstić information content (AvgIpc) is 2.90. The van der Waals surface area contributed by atoms with Gasteiger partial charge in [-0.2, -0.15) is 0 Å². The zero-order chi connectivity index (χ0) is 14.8. The fraction of sp³-hybridized carbons (Fsp3) is 0.176. The van der Waals surface area contributed by atoms with Gasteiger partial charge >= 0.3 is 0 Å². The number of thiophene rings is 1. The van der Waals surface area contributed by atoms with Crippen LogP contribution < -0.4 is 11.3 Å². The van der Waals surface area contributed by atoms with Crippen LogP contribution in [0.25, 0.3) is 10.1 Å². The topological polar surface area (TPSA) is 38.0 Å². The van der Waals surface area contributed by atoms with Crippen molar-refractivity contribution in [1.82, 2.24) is 5.43 Å². The lowest BCUT2D eigenvalue weighted by atomic mass is 10.00. The van der Waals surface area contributed by atoms with E-state index in [1.165, 1.54) is 21.0 Å². The van der Waals surface area contributed by atoms with Gasteiger partial charge in [0.2, 0.25) is 0 Å². The van der Waals surface area contributed by atoms with Gasteiger partial charge in [0, 0.05) is 9.58 Å². The fourth-order valence-electron chi connectivity index (χ4n) is 2.52. The second-order valence-electron chi connectivity index (χ2n) is 5.18. The monoisotopic (exact) mass is 300 g/mol. The molecule has 2 aromatic carbocycles. The number of nitrogens with one attached hydrogen (secondary N) is 1. The normalized spacial score (nSPS) is 12.7. The lowest BCUT2D eigenvalue weighted by Gasteiger charge is -2.15. The van der Waals surface area contributed by atoms with E-state index in [4.69, 9.17) is 5.84 Å². The third-order valence-corrected chi connectivity index (χ3v) is 4.95. The van der Waals surface area contributed by atoms with Crippen molar-refractivity contribution in [3.05, 3.63) is 70.4 Å². The Morgan fingerprint density at radius 1 is 1.19 bits per heavy atom. The van der Waals surface area contributed by atoms with E-state index in [2.05, 4.69) is 23.6 Å². The Kier molecular flexibility index (Phi) is 4.01. The first-order valence-corrected chi connectivity index (χ1v) is 7.68. The van der Waals surface area contributed by atoms with Crippen molar-refractivity contribution in [2.45, 2.75) is 19.4 Å². The SMILES string of the molecule is Cc1cc(F)ccc1CC(NN)c1cc2ccccc2s1. The smallest absolute Gasteiger partial charge is 0.123 e. The zero-order valence-electron chi connectivity index (χ0n) is 11.8. The van der Waals surface area contributed by atoms with Gasteiger partial charge in [0.25, 0.3) is 0 Å². The molecule has 0 saturated heterocycles. The van der Waals surface area contributed by atoms with Gasteiger partial charge in [-0.1, -0.05) is 24.3 Å². The summed E-state index contributed by atoms with van der Waals surface area (Å²) in [5, 5.41) is 1.23. The Morgan fingerprint density at radius 2 is 2.00 bits per heavy atom. The van der Waals surface area contributed by atoms with E-state index in [0.29, 0.717) is 0 Å². The molecule has 0 fully saturated rings. The molecule has 4 heteroatoms. The molecule has 3 aromatic rings. The summed E-state index contributed by atoms with van der Waals surface area (Å²) in [6, 6.07) is 15.4. The number of fused-ring (bicyclic) bond motifs is 1. The van der Waals surface area contributed by atoms with Gasteiger partial charge in [0.05, 0.1) is 6.04 Å². The summed E-state index contributed by atoms with van der Waals surface area (Å²) >= 11 is 1.74. The second kappa shape index (κ2) is 5.93. The third kappa shape index (κ3) is 2.97. The molecule has 0 amide bonds. The molecule has 108 valence electrons. The first-order chi connectivity index (χ1) is 10.2. The van der Waals surface area contributed by atoms with Gasteiger partial charge in [0.15, 0.2) is 0 Å². The van der Waals surface area contributed by atoms with Crippen LogP contribution in [0.1, 0.15) is 22.0 Å². The molecule has 21 heavy (non-hydrogen) atoms. The number of halogens is 1. The van der Waals surface area contributed by atoms with Crippen molar-refractivity contribution in [1.29, 1.82) is 0 Å². The van der Waals surface area contributed by atoms with Crippen LogP contribution in [0.3, 0.4) is 0 Å². The van der Waals surface area contributed by atoms with Crippen molar-refractivity contribution < 1.29 is 4.39 Å². The summed E-state index contributed by atoms with van der Waals surface area (Å²) in [5.41, 5.74) is 4.95. The van der Waals surface area contributed by atoms with Crippen molar-refractivity contribution >= 4 is 21.4 Å². The molecule has 0 saturated carbocycles. The molecule has 2 nitrogen and oxygen atoms in total. The lowest BCUT2D eigenvalue weighted by molar-refractivity contribution is 0.558. The van der Waals surface area contributed by atoms with Crippen molar-refractivity contribution in [2.75, 3.05) is 0 Å². The summed E-state index contributed by atoms with van der Waals surface area (Å²) in [6.45, 7) is 1.93. The van der Waals surface area contributed by atoms with Crippen LogP contribution in [0.2, 0.25) is 0 Å². The highest BCUT2D eigenvalue weighted by Gasteiger charge is 2.15. The predicted molar refractivity (Wildman–Crippen MR) is 86.7 cm³/mol. The van der Waals surface area contributed by atoms with Gasteiger partial charge in [0.1, 0.15) is 5.82 Å². The second-order valence-corrected chi connectivity index (χ2v) is 6.30. The fourth-order valence-corrected chi connectivity index (χ4v) is 3.65. The van der Waals surface area contributed by atoms with Crippen molar-refractivity contribution in [3.8, 4) is 0 Å². The Morgan fingerprint density at radius 3 is 2.71 bits per heavy atom. The van der Waals surface area contributed by atoms with Crippen LogP contribution in [0, 0.1) is 12.7 Å². The third-order valence-electron chi connectivity index (χ3n) is 3.72. The molecule has 3 rings (SSSR count). The maximum absolute atomic E-state index is 13.2. The molecule has 1 aromatic heterocycles. The number of hydrogen-bond acceptors (Lipinski definition) is 3. The molecule has 0 spiro atoms. The summed E-state index contributed by atoms with van der Waals surface area (Å²) in [4.78, 5) is 1.20. The van der Waals surface area contributed by atoms with E-state index >= 15 is 0 Å². The molecular weight excluding hydrogens is 283 g/mol. The predicted octanol–water partition coefficient (Wildman–Crippen LogP) is 4.10.